The third kappa shape index (κ3) is 2.22. The van der Waals surface area contributed by atoms with Crippen molar-refractivity contribution in [2.45, 2.75) is 77.5 Å². The van der Waals surface area contributed by atoms with E-state index < -0.39 is 17.7 Å². The quantitative estimate of drug-likeness (QED) is 0.700. The predicted octanol–water partition coefficient (Wildman–Crippen LogP) is 4.68. The maximum Gasteiger partial charge on any atom is 0.236 e. The topological polar surface area (TPSA) is 49.8 Å². The highest BCUT2D eigenvalue weighted by atomic mass is 32.1. The fourth-order valence-corrected chi connectivity index (χ4v) is 6.36. The second-order valence-corrected chi connectivity index (χ2v) is 9.34. The van der Waals surface area contributed by atoms with Crippen LogP contribution in [-0.4, -0.2) is 22.7 Å². The number of hydrogen-bond donors (Lipinski definition) is 0. The van der Waals surface area contributed by atoms with Gasteiger partial charge in [-0.25, -0.2) is 14.8 Å². The summed E-state index contributed by atoms with van der Waals surface area (Å²) >= 11 is 1.66. The molecule has 0 aromatic carbocycles. The number of fused-ring (bicyclic) bond motifs is 2. The number of aromatic nitrogens is 1. The summed E-state index contributed by atoms with van der Waals surface area (Å²) in [6, 6.07) is 0. The molecular weight excluding hydrogens is 350 g/mol. The van der Waals surface area contributed by atoms with E-state index in [9.17, 15) is 0 Å². The zero-order valence-corrected chi connectivity index (χ0v) is 16.7. The van der Waals surface area contributed by atoms with Gasteiger partial charge in [-0.2, -0.15) is 0 Å². The van der Waals surface area contributed by atoms with Crippen LogP contribution in [0.3, 0.4) is 0 Å². The van der Waals surface area contributed by atoms with Crippen LogP contribution in [-0.2, 0) is 25.7 Å². The minimum absolute atomic E-state index is 0.245. The lowest BCUT2D eigenvalue weighted by atomic mass is 9.59. The van der Waals surface area contributed by atoms with Gasteiger partial charge in [-0.15, -0.1) is 11.3 Å². The van der Waals surface area contributed by atoms with Gasteiger partial charge in [0.05, 0.1) is 5.69 Å². The summed E-state index contributed by atoms with van der Waals surface area (Å²) in [7, 11) is 0. The molecule has 5 heterocycles. The number of thiazole rings is 1. The van der Waals surface area contributed by atoms with Gasteiger partial charge < -0.3 is 9.47 Å². The second-order valence-electron chi connectivity index (χ2n) is 8.48. The van der Waals surface area contributed by atoms with Gasteiger partial charge in [0.25, 0.3) is 0 Å². The van der Waals surface area contributed by atoms with Crippen LogP contribution < -0.4 is 0 Å². The Labute approximate surface area is 158 Å². The van der Waals surface area contributed by atoms with Crippen molar-refractivity contribution in [1.82, 2.24) is 4.98 Å². The zero-order valence-electron chi connectivity index (χ0n) is 15.9. The standard InChI is InChI=1S/C20H27NO4S/c1-5-13-10-26-17(21-13)16-12(3)15-7-6-11(2)14-8-9-19(4)23-18(22-16)20(14,15)25-24-19/h10-11,14-15,18H,5-9H2,1-4H3/t11-,14+,15+,18?,19?,20-/m1/s1. The number of rotatable bonds is 2. The Bertz CT molecular complexity index is 761. The maximum absolute atomic E-state index is 6.50. The summed E-state index contributed by atoms with van der Waals surface area (Å²) in [6.07, 6.45) is 4.66. The molecule has 4 fully saturated rings. The van der Waals surface area contributed by atoms with Crippen LogP contribution in [0, 0.1) is 17.8 Å². The van der Waals surface area contributed by atoms with E-state index in [4.69, 9.17) is 24.2 Å². The fraction of sp³-hybridized carbons (Fsp3) is 0.750. The Kier molecular flexibility index (Phi) is 3.81. The summed E-state index contributed by atoms with van der Waals surface area (Å²) in [5.41, 5.74) is 1.80. The lowest BCUT2D eigenvalue weighted by molar-refractivity contribution is -0.553. The van der Waals surface area contributed by atoms with E-state index in [1.54, 1.807) is 11.3 Å². The molecule has 0 N–H and O–H groups in total. The first-order valence-corrected chi connectivity index (χ1v) is 10.7. The molecule has 4 aliphatic heterocycles. The highest BCUT2D eigenvalue weighted by Gasteiger charge is 2.68. The van der Waals surface area contributed by atoms with Crippen molar-refractivity contribution >= 4 is 17.1 Å². The first kappa shape index (κ1) is 17.2. The number of ether oxygens (including phenoxy) is 2. The lowest BCUT2D eigenvalue weighted by Crippen LogP contribution is -2.66. The van der Waals surface area contributed by atoms with Gasteiger partial charge in [0.1, 0.15) is 0 Å². The Morgan fingerprint density at radius 3 is 2.88 bits per heavy atom. The normalized spacial score (nSPS) is 44.5. The molecule has 6 atom stereocenters. The Balaban J connectivity index is 1.63. The molecule has 0 amide bonds. The first-order chi connectivity index (χ1) is 12.5. The molecule has 26 heavy (non-hydrogen) atoms. The molecule has 5 nitrogen and oxygen atoms in total. The van der Waals surface area contributed by atoms with Gasteiger partial charge >= 0.3 is 0 Å². The van der Waals surface area contributed by atoms with Crippen molar-refractivity contribution in [1.29, 1.82) is 0 Å². The number of nitrogens with zero attached hydrogens (tertiary/aromatic N) is 1. The van der Waals surface area contributed by atoms with Crippen LogP contribution in [0.5, 0.6) is 0 Å². The third-order valence-corrected chi connectivity index (χ3v) is 7.82. The largest absolute Gasteiger partial charge is 0.458 e. The molecule has 5 aliphatic rings. The van der Waals surface area contributed by atoms with E-state index in [1.807, 2.05) is 6.92 Å². The lowest BCUT2D eigenvalue weighted by Gasteiger charge is -2.57. The van der Waals surface area contributed by atoms with Gasteiger partial charge in [-0.3, -0.25) is 0 Å². The molecular formula is C20H27NO4S. The number of hydrogen-bond acceptors (Lipinski definition) is 6. The molecule has 2 unspecified atom stereocenters. The molecule has 142 valence electrons. The molecule has 6 heteroatoms. The van der Waals surface area contributed by atoms with E-state index >= 15 is 0 Å². The van der Waals surface area contributed by atoms with E-state index in [2.05, 4.69) is 26.2 Å². The second kappa shape index (κ2) is 5.77. The van der Waals surface area contributed by atoms with Gasteiger partial charge in [-0.1, -0.05) is 13.8 Å². The maximum atomic E-state index is 6.50. The van der Waals surface area contributed by atoms with Gasteiger partial charge in [0, 0.05) is 23.6 Å². The molecule has 0 radical (unpaired) electrons. The minimum Gasteiger partial charge on any atom is -0.458 e. The predicted molar refractivity (Wildman–Crippen MR) is 98.0 cm³/mol. The van der Waals surface area contributed by atoms with E-state index in [1.165, 1.54) is 12.0 Å². The van der Waals surface area contributed by atoms with Crippen LogP contribution in [0.1, 0.15) is 64.1 Å². The van der Waals surface area contributed by atoms with Crippen LogP contribution in [0.2, 0.25) is 0 Å². The van der Waals surface area contributed by atoms with Crippen LogP contribution in [0.25, 0.3) is 5.76 Å². The molecule has 2 bridgehead atoms. The summed E-state index contributed by atoms with van der Waals surface area (Å²) in [6.45, 7) is 8.60. The van der Waals surface area contributed by atoms with Crippen LogP contribution in [0.4, 0.5) is 0 Å². The van der Waals surface area contributed by atoms with Gasteiger partial charge in [0.2, 0.25) is 12.1 Å². The van der Waals surface area contributed by atoms with Crippen molar-refractivity contribution in [3.05, 3.63) is 21.7 Å². The fourth-order valence-electron chi connectivity index (χ4n) is 5.41. The van der Waals surface area contributed by atoms with Gasteiger partial charge in [-0.05, 0) is 51.0 Å². The molecule has 6 rings (SSSR count). The van der Waals surface area contributed by atoms with E-state index in [0.717, 1.165) is 42.1 Å². The smallest absolute Gasteiger partial charge is 0.236 e. The monoisotopic (exact) mass is 377 g/mol. The van der Waals surface area contributed by atoms with Crippen molar-refractivity contribution in [3.8, 4) is 0 Å². The first-order valence-electron chi connectivity index (χ1n) is 9.83. The Morgan fingerprint density at radius 2 is 2.12 bits per heavy atom. The third-order valence-electron chi connectivity index (χ3n) is 6.93. The summed E-state index contributed by atoms with van der Waals surface area (Å²) in [4.78, 5) is 16.8. The Hall–Kier alpha value is -0.950. The molecule has 1 aliphatic carbocycles. The molecule has 3 saturated heterocycles. The number of aryl methyl sites for hydroxylation is 1. The van der Waals surface area contributed by atoms with Crippen LogP contribution >= 0.6 is 11.3 Å². The zero-order chi connectivity index (χ0) is 18.1. The Morgan fingerprint density at radius 1 is 1.27 bits per heavy atom. The molecule has 1 spiro atoms. The summed E-state index contributed by atoms with van der Waals surface area (Å²) in [5, 5.41) is 3.08. The minimum atomic E-state index is -0.731. The molecule has 1 saturated carbocycles. The van der Waals surface area contributed by atoms with E-state index in [-0.39, 0.29) is 5.92 Å². The van der Waals surface area contributed by atoms with E-state index in [0.29, 0.717) is 11.8 Å². The molecule has 1 aromatic heterocycles. The average Bonchev–Trinajstić information content (AvgIpc) is 2.99. The van der Waals surface area contributed by atoms with Crippen molar-refractivity contribution in [2.75, 3.05) is 0 Å². The van der Waals surface area contributed by atoms with Crippen LogP contribution in [0.15, 0.2) is 11.0 Å². The van der Waals surface area contributed by atoms with Gasteiger partial charge in [0.15, 0.2) is 16.4 Å². The highest BCUT2D eigenvalue weighted by molar-refractivity contribution is 7.10. The highest BCUT2D eigenvalue weighted by Crippen LogP contribution is 2.61. The van der Waals surface area contributed by atoms with Crippen molar-refractivity contribution < 1.29 is 19.2 Å². The van der Waals surface area contributed by atoms with Crippen molar-refractivity contribution in [3.63, 3.8) is 0 Å². The SMILES string of the molecule is CCc1csc(C2=C(C)[C@@H]3CC[C@@H](C)[C@@H]4CCC5(C)OO[C@@]34C(O2)O5)n1. The molecule has 1 aromatic rings. The average molecular weight is 378 g/mol. The summed E-state index contributed by atoms with van der Waals surface area (Å²) in [5.74, 6) is 1.36. The summed E-state index contributed by atoms with van der Waals surface area (Å²) < 4.78 is 12.9. The van der Waals surface area contributed by atoms with Crippen molar-refractivity contribution in [2.24, 2.45) is 17.8 Å².